The molecule has 0 bridgehead atoms. The molecule has 0 aliphatic carbocycles. The Kier molecular flexibility index (Phi) is 6.78. The highest BCUT2D eigenvalue weighted by Gasteiger charge is 2.19. The van der Waals surface area contributed by atoms with Crippen molar-refractivity contribution in [1.82, 2.24) is 9.78 Å². The average Bonchev–Trinajstić information content (AvgIpc) is 2.86. The largest absolute Gasteiger partial charge is 0.449 e. The molecule has 150 valence electrons. The van der Waals surface area contributed by atoms with Gasteiger partial charge in [-0.2, -0.15) is 5.10 Å². The van der Waals surface area contributed by atoms with Crippen molar-refractivity contribution in [2.75, 3.05) is 5.32 Å². The van der Waals surface area contributed by atoms with E-state index in [1.54, 1.807) is 17.7 Å². The topological polar surface area (TPSA) is 73.2 Å². The normalized spacial score (nSPS) is 12.4. The molecule has 1 heterocycles. The summed E-state index contributed by atoms with van der Waals surface area (Å²) in [5.74, 6) is -0.659. The molecular formula is C22H29N3O3. The number of benzene rings is 1. The van der Waals surface area contributed by atoms with Gasteiger partial charge in [0.2, 0.25) is 0 Å². The van der Waals surface area contributed by atoms with Gasteiger partial charge < -0.3 is 10.1 Å². The van der Waals surface area contributed by atoms with E-state index < -0.39 is 12.1 Å². The summed E-state index contributed by atoms with van der Waals surface area (Å²) < 4.78 is 7.02. The van der Waals surface area contributed by atoms with E-state index in [4.69, 9.17) is 4.74 Å². The molecule has 1 aromatic heterocycles. The Morgan fingerprint density at radius 3 is 2.43 bits per heavy atom. The zero-order chi connectivity index (χ0) is 21.0. The second kappa shape index (κ2) is 8.87. The van der Waals surface area contributed by atoms with Gasteiger partial charge in [-0.25, -0.2) is 4.79 Å². The lowest BCUT2D eigenvalue weighted by Crippen LogP contribution is -2.30. The van der Waals surface area contributed by atoms with E-state index in [0.29, 0.717) is 0 Å². The maximum Gasteiger partial charge on any atom is 0.331 e. The zero-order valence-electron chi connectivity index (χ0n) is 17.7. The minimum absolute atomic E-state index is 0.266. The Balaban J connectivity index is 2.05. The van der Waals surface area contributed by atoms with Gasteiger partial charge in [0.05, 0.1) is 5.69 Å². The van der Waals surface area contributed by atoms with Crippen molar-refractivity contribution in [3.63, 3.8) is 0 Å². The van der Waals surface area contributed by atoms with Gasteiger partial charge in [0, 0.05) is 30.1 Å². The zero-order valence-corrected chi connectivity index (χ0v) is 17.7. The Morgan fingerprint density at radius 2 is 1.86 bits per heavy atom. The number of amides is 1. The predicted octanol–water partition coefficient (Wildman–Crippen LogP) is 4.05. The minimum Gasteiger partial charge on any atom is -0.449 e. The molecule has 0 fully saturated rings. The summed E-state index contributed by atoms with van der Waals surface area (Å²) in [6, 6.07) is 5.90. The molecule has 1 N–H and O–H groups in total. The predicted molar refractivity (Wildman–Crippen MR) is 111 cm³/mol. The van der Waals surface area contributed by atoms with E-state index in [2.05, 4.69) is 24.3 Å². The first-order chi connectivity index (χ1) is 13.1. The van der Waals surface area contributed by atoms with Crippen LogP contribution in [0.1, 0.15) is 54.8 Å². The number of para-hydroxylation sites is 1. The molecule has 6 heteroatoms. The van der Waals surface area contributed by atoms with Crippen molar-refractivity contribution < 1.29 is 14.3 Å². The van der Waals surface area contributed by atoms with Crippen LogP contribution in [-0.2, 0) is 21.4 Å². The highest BCUT2D eigenvalue weighted by Crippen LogP contribution is 2.27. The molecule has 0 spiro atoms. The average molecular weight is 383 g/mol. The molecule has 0 saturated heterocycles. The lowest BCUT2D eigenvalue weighted by atomic mass is 9.98. The second-order valence-corrected chi connectivity index (χ2v) is 7.30. The fourth-order valence-electron chi connectivity index (χ4n) is 3.02. The van der Waals surface area contributed by atoms with Crippen LogP contribution in [0.2, 0.25) is 0 Å². The summed E-state index contributed by atoms with van der Waals surface area (Å²) >= 11 is 0. The van der Waals surface area contributed by atoms with Crippen LogP contribution in [0, 0.1) is 20.8 Å². The van der Waals surface area contributed by atoms with Crippen molar-refractivity contribution >= 4 is 23.6 Å². The van der Waals surface area contributed by atoms with Gasteiger partial charge in [-0.05, 0) is 50.8 Å². The number of ether oxygens (including phenoxy) is 1. The molecule has 2 aromatic rings. The van der Waals surface area contributed by atoms with Crippen LogP contribution in [-0.4, -0.2) is 27.8 Å². The standard InChI is InChI=1S/C22H29N3O3/c1-13(2)18-10-8-9-14(3)21(18)23-22(27)17(6)28-20(26)12-11-19-15(4)24-25(7)16(19)5/h8-13,17H,1-7H3,(H,23,27)/b12-11+/t17-/m0/s1. The number of aryl methyl sites for hydroxylation is 3. The Hall–Kier alpha value is -2.89. The molecular weight excluding hydrogens is 354 g/mol. The number of hydrogen-bond donors (Lipinski definition) is 1. The fraction of sp³-hybridized carbons (Fsp3) is 0.409. The van der Waals surface area contributed by atoms with Gasteiger partial charge in [-0.15, -0.1) is 0 Å². The van der Waals surface area contributed by atoms with E-state index in [-0.39, 0.29) is 11.8 Å². The molecule has 0 unspecified atom stereocenters. The number of carbonyl (C=O) groups excluding carboxylic acids is 2. The van der Waals surface area contributed by atoms with E-state index in [9.17, 15) is 9.59 Å². The Labute approximate surface area is 166 Å². The summed E-state index contributed by atoms with van der Waals surface area (Å²) in [4.78, 5) is 24.7. The van der Waals surface area contributed by atoms with Crippen molar-refractivity contribution in [2.24, 2.45) is 7.05 Å². The van der Waals surface area contributed by atoms with E-state index >= 15 is 0 Å². The molecule has 1 atom stereocenters. The third kappa shape index (κ3) is 4.88. The summed E-state index contributed by atoms with van der Waals surface area (Å²) in [6.07, 6.45) is 2.09. The molecule has 0 radical (unpaired) electrons. The number of carbonyl (C=O) groups is 2. The van der Waals surface area contributed by atoms with Crippen LogP contribution in [0.4, 0.5) is 5.69 Å². The van der Waals surface area contributed by atoms with Crippen molar-refractivity contribution in [3.05, 3.63) is 52.4 Å². The van der Waals surface area contributed by atoms with Crippen molar-refractivity contribution in [1.29, 1.82) is 0 Å². The van der Waals surface area contributed by atoms with Crippen LogP contribution < -0.4 is 5.32 Å². The van der Waals surface area contributed by atoms with Crippen LogP contribution in [0.15, 0.2) is 24.3 Å². The van der Waals surface area contributed by atoms with Crippen molar-refractivity contribution in [3.8, 4) is 0 Å². The monoisotopic (exact) mass is 383 g/mol. The van der Waals surface area contributed by atoms with Gasteiger partial charge in [-0.1, -0.05) is 32.0 Å². The van der Waals surface area contributed by atoms with Crippen LogP contribution >= 0.6 is 0 Å². The van der Waals surface area contributed by atoms with Crippen LogP contribution in [0.5, 0.6) is 0 Å². The minimum atomic E-state index is -0.909. The van der Waals surface area contributed by atoms with E-state index in [1.807, 2.05) is 46.0 Å². The molecule has 0 saturated carbocycles. The molecule has 0 aliphatic heterocycles. The first-order valence-corrected chi connectivity index (χ1v) is 9.41. The van der Waals surface area contributed by atoms with Gasteiger partial charge >= 0.3 is 5.97 Å². The van der Waals surface area contributed by atoms with E-state index in [0.717, 1.165) is 33.8 Å². The number of hydrogen-bond acceptors (Lipinski definition) is 4. The molecule has 2 rings (SSSR count). The smallest absolute Gasteiger partial charge is 0.331 e. The van der Waals surface area contributed by atoms with Gasteiger partial charge in [0.15, 0.2) is 6.10 Å². The van der Waals surface area contributed by atoms with Gasteiger partial charge in [0.25, 0.3) is 5.91 Å². The maximum absolute atomic E-state index is 12.5. The number of nitrogens with one attached hydrogen (secondary N) is 1. The lowest BCUT2D eigenvalue weighted by Gasteiger charge is -2.18. The molecule has 1 aromatic carbocycles. The van der Waals surface area contributed by atoms with Gasteiger partial charge in [0.1, 0.15) is 0 Å². The summed E-state index contributed by atoms with van der Waals surface area (Å²) in [7, 11) is 1.85. The third-order valence-corrected chi connectivity index (χ3v) is 4.79. The highest BCUT2D eigenvalue weighted by atomic mass is 16.5. The first-order valence-electron chi connectivity index (χ1n) is 9.41. The molecule has 28 heavy (non-hydrogen) atoms. The highest BCUT2D eigenvalue weighted by molar-refractivity contribution is 5.97. The van der Waals surface area contributed by atoms with Crippen LogP contribution in [0.25, 0.3) is 6.08 Å². The first kappa shape index (κ1) is 21.4. The third-order valence-electron chi connectivity index (χ3n) is 4.79. The summed E-state index contributed by atoms with van der Waals surface area (Å²) in [5.41, 5.74) is 5.46. The summed E-state index contributed by atoms with van der Waals surface area (Å²) in [6.45, 7) is 11.5. The van der Waals surface area contributed by atoms with Crippen LogP contribution in [0.3, 0.4) is 0 Å². The molecule has 1 amide bonds. The fourth-order valence-corrected chi connectivity index (χ4v) is 3.02. The Morgan fingerprint density at radius 1 is 1.18 bits per heavy atom. The maximum atomic E-state index is 12.5. The number of anilines is 1. The molecule has 0 aliphatic rings. The quantitative estimate of drug-likeness (QED) is 0.603. The van der Waals surface area contributed by atoms with E-state index in [1.165, 1.54) is 6.08 Å². The summed E-state index contributed by atoms with van der Waals surface area (Å²) in [5, 5.41) is 7.21. The second-order valence-electron chi connectivity index (χ2n) is 7.30. The number of esters is 1. The SMILES string of the molecule is Cc1cccc(C(C)C)c1NC(=O)[C@H](C)OC(=O)/C=C/c1c(C)nn(C)c1C. The van der Waals surface area contributed by atoms with Crippen molar-refractivity contribution in [2.45, 2.75) is 53.6 Å². The van der Waals surface area contributed by atoms with Gasteiger partial charge in [-0.3, -0.25) is 9.48 Å². The molecule has 6 nitrogen and oxygen atoms in total. The lowest BCUT2D eigenvalue weighted by molar-refractivity contribution is -0.148. The number of nitrogens with zero attached hydrogens (tertiary/aromatic N) is 2. The number of rotatable bonds is 6. The number of aromatic nitrogens is 2. The Bertz CT molecular complexity index is 910.